The molecular formula is C13H24FNO. The fraction of sp³-hybridized carbons (Fsp3) is 1.00. The second-order valence-electron chi connectivity index (χ2n) is 5.62. The third kappa shape index (κ3) is 3.17. The lowest BCUT2D eigenvalue weighted by atomic mass is 9.75. The van der Waals surface area contributed by atoms with E-state index in [9.17, 15) is 9.50 Å². The highest BCUT2D eigenvalue weighted by Crippen LogP contribution is 2.35. The zero-order valence-corrected chi connectivity index (χ0v) is 10.1. The van der Waals surface area contributed by atoms with Crippen molar-refractivity contribution in [3.63, 3.8) is 0 Å². The van der Waals surface area contributed by atoms with Gasteiger partial charge in [-0.2, -0.15) is 0 Å². The van der Waals surface area contributed by atoms with E-state index in [1.807, 2.05) is 0 Å². The molecule has 2 N–H and O–H groups in total. The molecule has 0 radical (unpaired) electrons. The molecule has 2 aliphatic heterocycles. The van der Waals surface area contributed by atoms with Crippen molar-refractivity contribution in [2.75, 3.05) is 6.67 Å². The average molecular weight is 229 g/mol. The summed E-state index contributed by atoms with van der Waals surface area (Å²) in [6.07, 6.45) is 8.94. The van der Waals surface area contributed by atoms with Crippen LogP contribution < -0.4 is 5.32 Å². The van der Waals surface area contributed by atoms with Gasteiger partial charge < -0.3 is 10.4 Å². The number of unbranched alkanes of at least 4 members (excludes halogenated alkanes) is 2. The van der Waals surface area contributed by atoms with Crippen LogP contribution >= 0.6 is 0 Å². The van der Waals surface area contributed by atoms with Gasteiger partial charge in [0, 0.05) is 12.1 Å². The molecule has 0 aromatic carbocycles. The molecule has 2 aliphatic rings. The molecule has 2 nitrogen and oxygen atoms in total. The van der Waals surface area contributed by atoms with Crippen LogP contribution in [0.15, 0.2) is 0 Å². The number of fused-ring (bicyclic) bond motifs is 2. The number of alkyl halides is 1. The minimum atomic E-state index is -0.461. The molecule has 16 heavy (non-hydrogen) atoms. The highest BCUT2D eigenvalue weighted by molar-refractivity contribution is 4.97. The first-order valence-electron chi connectivity index (χ1n) is 6.76. The van der Waals surface area contributed by atoms with Crippen LogP contribution in [-0.4, -0.2) is 29.5 Å². The molecular weight excluding hydrogens is 205 g/mol. The zero-order chi connectivity index (χ0) is 11.4. The lowest BCUT2D eigenvalue weighted by molar-refractivity contribution is -0.0388. The molecule has 94 valence electrons. The molecule has 0 saturated carbocycles. The Kier molecular flexibility index (Phi) is 4.20. The number of piperidine rings is 2. The lowest BCUT2D eigenvalue weighted by Crippen LogP contribution is -2.55. The van der Waals surface area contributed by atoms with Crippen LogP contribution in [0, 0.1) is 0 Å². The summed E-state index contributed by atoms with van der Waals surface area (Å²) in [6.45, 7) is -0.217. The summed E-state index contributed by atoms with van der Waals surface area (Å²) >= 11 is 0. The molecule has 2 saturated heterocycles. The van der Waals surface area contributed by atoms with Gasteiger partial charge in [0.2, 0.25) is 0 Å². The van der Waals surface area contributed by atoms with Gasteiger partial charge in [0.1, 0.15) is 0 Å². The van der Waals surface area contributed by atoms with E-state index >= 15 is 0 Å². The quantitative estimate of drug-likeness (QED) is 0.710. The fourth-order valence-electron chi connectivity index (χ4n) is 3.36. The van der Waals surface area contributed by atoms with Crippen LogP contribution in [0.25, 0.3) is 0 Å². The van der Waals surface area contributed by atoms with Gasteiger partial charge in [-0.15, -0.1) is 0 Å². The van der Waals surface area contributed by atoms with E-state index < -0.39 is 5.60 Å². The number of hydrogen-bond donors (Lipinski definition) is 2. The minimum absolute atomic E-state index is 0.217. The van der Waals surface area contributed by atoms with E-state index in [0.717, 1.165) is 32.1 Å². The molecule has 2 fully saturated rings. The lowest BCUT2D eigenvalue weighted by Gasteiger charge is -2.45. The van der Waals surface area contributed by atoms with Crippen LogP contribution in [0.3, 0.4) is 0 Å². The van der Waals surface area contributed by atoms with Crippen LogP contribution in [0.5, 0.6) is 0 Å². The monoisotopic (exact) mass is 229 g/mol. The second-order valence-corrected chi connectivity index (χ2v) is 5.62. The predicted octanol–water partition coefficient (Wildman–Crippen LogP) is 2.55. The molecule has 2 bridgehead atoms. The third-order valence-electron chi connectivity index (χ3n) is 4.11. The molecule has 2 atom stereocenters. The normalized spacial score (nSPS) is 38.6. The Labute approximate surface area is 97.6 Å². The standard InChI is InChI=1S/C13H24FNO/c14-8-3-1-2-7-13(16)9-11-5-4-6-12(10-13)15-11/h11-12,15-16H,1-10H2. The van der Waals surface area contributed by atoms with E-state index in [4.69, 9.17) is 0 Å². The van der Waals surface area contributed by atoms with Gasteiger partial charge in [-0.05, 0) is 38.5 Å². The first-order chi connectivity index (χ1) is 7.72. The zero-order valence-electron chi connectivity index (χ0n) is 10.1. The van der Waals surface area contributed by atoms with Crippen molar-refractivity contribution in [2.24, 2.45) is 0 Å². The number of aliphatic hydroxyl groups is 1. The van der Waals surface area contributed by atoms with E-state index in [2.05, 4.69) is 5.32 Å². The van der Waals surface area contributed by atoms with Gasteiger partial charge in [0.15, 0.2) is 0 Å². The van der Waals surface area contributed by atoms with Crippen molar-refractivity contribution in [3.8, 4) is 0 Å². The van der Waals surface area contributed by atoms with Gasteiger partial charge in [-0.25, -0.2) is 0 Å². The average Bonchev–Trinajstić information content (AvgIpc) is 2.24. The first kappa shape index (κ1) is 12.3. The van der Waals surface area contributed by atoms with E-state index in [0.29, 0.717) is 18.5 Å². The predicted molar refractivity (Wildman–Crippen MR) is 63.2 cm³/mol. The van der Waals surface area contributed by atoms with E-state index in [1.54, 1.807) is 0 Å². The van der Waals surface area contributed by atoms with E-state index in [1.165, 1.54) is 19.3 Å². The smallest absolute Gasteiger partial charge is 0.0894 e. The summed E-state index contributed by atoms with van der Waals surface area (Å²) in [5.41, 5.74) is -0.461. The SMILES string of the molecule is OC1(CCCCCF)CC2CCCC(C1)N2. The Bertz CT molecular complexity index is 210. The number of rotatable bonds is 5. The van der Waals surface area contributed by atoms with Crippen LogP contribution in [-0.2, 0) is 0 Å². The molecule has 0 aromatic rings. The summed E-state index contributed by atoms with van der Waals surface area (Å²) < 4.78 is 12.0. The Morgan fingerprint density at radius 1 is 1.12 bits per heavy atom. The number of halogens is 1. The summed E-state index contributed by atoms with van der Waals surface area (Å²) in [5, 5.41) is 14.1. The van der Waals surface area contributed by atoms with Gasteiger partial charge in [-0.3, -0.25) is 4.39 Å². The van der Waals surface area contributed by atoms with Crippen molar-refractivity contribution < 1.29 is 9.50 Å². The fourth-order valence-corrected chi connectivity index (χ4v) is 3.36. The van der Waals surface area contributed by atoms with Crippen molar-refractivity contribution >= 4 is 0 Å². The second kappa shape index (κ2) is 5.46. The summed E-state index contributed by atoms with van der Waals surface area (Å²) in [6, 6.07) is 1.05. The number of nitrogens with one attached hydrogen (secondary N) is 1. The van der Waals surface area contributed by atoms with Crippen molar-refractivity contribution in [3.05, 3.63) is 0 Å². The maximum atomic E-state index is 12.0. The highest BCUT2D eigenvalue weighted by Gasteiger charge is 2.39. The third-order valence-corrected chi connectivity index (χ3v) is 4.11. The van der Waals surface area contributed by atoms with Crippen LogP contribution in [0.2, 0.25) is 0 Å². The minimum Gasteiger partial charge on any atom is -0.390 e. The first-order valence-corrected chi connectivity index (χ1v) is 6.76. The molecule has 2 heterocycles. The van der Waals surface area contributed by atoms with Crippen molar-refractivity contribution in [1.82, 2.24) is 5.32 Å². The molecule has 3 heteroatoms. The topological polar surface area (TPSA) is 32.3 Å². The van der Waals surface area contributed by atoms with Crippen LogP contribution in [0.4, 0.5) is 4.39 Å². The molecule has 0 amide bonds. The van der Waals surface area contributed by atoms with Crippen molar-refractivity contribution in [1.29, 1.82) is 0 Å². The summed E-state index contributed by atoms with van der Waals surface area (Å²) in [7, 11) is 0. The maximum absolute atomic E-state index is 12.0. The van der Waals surface area contributed by atoms with Crippen molar-refractivity contribution in [2.45, 2.75) is 75.5 Å². The Balaban J connectivity index is 1.78. The van der Waals surface area contributed by atoms with Gasteiger partial charge in [0.05, 0.1) is 12.3 Å². The Morgan fingerprint density at radius 3 is 2.44 bits per heavy atom. The largest absolute Gasteiger partial charge is 0.390 e. The molecule has 2 unspecified atom stereocenters. The van der Waals surface area contributed by atoms with Gasteiger partial charge in [0.25, 0.3) is 0 Å². The number of hydrogen-bond acceptors (Lipinski definition) is 2. The highest BCUT2D eigenvalue weighted by atomic mass is 19.1. The summed E-state index contributed by atoms with van der Waals surface area (Å²) in [4.78, 5) is 0. The maximum Gasteiger partial charge on any atom is 0.0894 e. The Hall–Kier alpha value is -0.150. The summed E-state index contributed by atoms with van der Waals surface area (Å²) in [5.74, 6) is 0. The Morgan fingerprint density at radius 2 is 1.81 bits per heavy atom. The van der Waals surface area contributed by atoms with Crippen LogP contribution in [0.1, 0.15) is 57.8 Å². The van der Waals surface area contributed by atoms with Gasteiger partial charge in [-0.1, -0.05) is 19.3 Å². The van der Waals surface area contributed by atoms with Gasteiger partial charge >= 0.3 is 0 Å². The molecule has 0 spiro atoms. The van der Waals surface area contributed by atoms with E-state index in [-0.39, 0.29) is 6.67 Å². The molecule has 0 aliphatic carbocycles. The molecule has 0 aromatic heterocycles. The molecule has 2 rings (SSSR count).